The number of rotatable bonds is 7. The molecule has 0 spiro atoms. The van der Waals surface area contributed by atoms with Crippen LogP contribution in [0.4, 0.5) is 0 Å². The summed E-state index contributed by atoms with van der Waals surface area (Å²) in [5.74, 6) is 0.595. The fraction of sp³-hybridized carbons (Fsp3) is 0.500. The maximum Gasteiger partial charge on any atom is 0.223 e. The number of halogens is 1. The molecule has 1 unspecified atom stereocenters. The third kappa shape index (κ3) is 5.09. The summed E-state index contributed by atoms with van der Waals surface area (Å²) >= 11 is 6.15. The van der Waals surface area contributed by atoms with E-state index in [-0.39, 0.29) is 11.9 Å². The van der Waals surface area contributed by atoms with Gasteiger partial charge in [0.1, 0.15) is 5.75 Å². The first-order valence-corrected chi connectivity index (χ1v) is 6.82. The normalized spacial score (nSPS) is 12.0. The summed E-state index contributed by atoms with van der Waals surface area (Å²) in [7, 11) is 1.90. The molecule has 0 aliphatic rings. The topological polar surface area (TPSA) is 50.4 Å². The monoisotopic (exact) mass is 284 g/mol. The summed E-state index contributed by atoms with van der Waals surface area (Å²) in [5, 5.41) is 6.43. The van der Waals surface area contributed by atoms with Crippen LogP contribution in [-0.4, -0.2) is 26.1 Å². The second kappa shape index (κ2) is 8.02. The molecule has 19 heavy (non-hydrogen) atoms. The van der Waals surface area contributed by atoms with Crippen molar-refractivity contribution in [1.82, 2.24) is 10.6 Å². The summed E-state index contributed by atoms with van der Waals surface area (Å²) in [6, 6.07) is 5.92. The van der Waals surface area contributed by atoms with E-state index in [1.54, 1.807) is 0 Å². The summed E-state index contributed by atoms with van der Waals surface area (Å²) in [6.07, 6.45) is 0.332. The maximum absolute atomic E-state index is 11.3. The van der Waals surface area contributed by atoms with Crippen molar-refractivity contribution in [3.8, 4) is 5.75 Å². The SMILES string of the molecule is CCNC(=O)CCOc1ccc(C(C)NC)cc1Cl. The van der Waals surface area contributed by atoms with Crippen LogP contribution in [0.25, 0.3) is 0 Å². The molecule has 0 aliphatic carbocycles. The first-order chi connectivity index (χ1) is 9.08. The highest BCUT2D eigenvalue weighted by atomic mass is 35.5. The zero-order chi connectivity index (χ0) is 14.3. The molecule has 0 radical (unpaired) electrons. The third-order valence-corrected chi connectivity index (χ3v) is 3.14. The Hall–Kier alpha value is -1.26. The van der Waals surface area contributed by atoms with E-state index < -0.39 is 0 Å². The Morgan fingerprint density at radius 3 is 2.79 bits per heavy atom. The second-order valence-electron chi connectivity index (χ2n) is 4.25. The Morgan fingerprint density at radius 2 is 2.21 bits per heavy atom. The molecule has 0 heterocycles. The minimum absolute atomic E-state index is 0.0148. The molecule has 0 aromatic heterocycles. The summed E-state index contributed by atoms with van der Waals surface area (Å²) in [4.78, 5) is 11.3. The van der Waals surface area contributed by atoms with Crippen LogP contribution in [0, 0.1) is 0 Å². The largest absolute Gasteiger partial charge is 0.491 e. The van der Waals surface area contributed by atoms with Crippen LogP contribution in [-0.2, 0) is 4.79 Å². The van der Waals surface area contributed by atoms with Gasteiger partial charge in [-0.15, -0.1) is 0 Å². The lowest BCUT2D eigenvalue weighted by Crippen LogP contribution is -2.24. The predicted molar refractivity (Wildman–Crippen MR) is 77.7 cm³/mol. The van der Waals surface area contributed by atoms with Gasteiger partial charge in [0, 0.05) is 12.6 Å². The van der Waals surface area contributed by atoms with Crippen LogP contribution < -0.4 is 15.4 Å². The number of carbonyl (C=O) groups is 1. The van der Waals surface area contributed by atoms with Crippen LogP contribution >= 0.6 is 11.6 Å². The summed E-state index contributed by atoms with van der Waals surface area (Å²) in [6.45, 7) is 4.90. The quantitative estimate of drug-likeness (QED) is 0.809. The van der Waals surface area contributed by atoms with Gasteiger partial charge in [-0.25, -0.2) is 0 Å². The number of benzene rings is 1. The van der Waals surface area contributed by atoms with Crippen molar-refractivity contribution < 1.29 is 9.53 Å². The highest BCUT2D eigenvalue weighted by Gasteiger charge is 2.08. The number of ether oxygens (including phenoxy) is 1. The van der Waals surface area contributed by atoms with Gasteiger partial charge in [0.05, 0.1) is 18.1 Å². The lowest BCUT2D eigenvalue weighted by atomic mass is 10.1. The Kier molecular flexibility index (Phi) is 6.67. The first-order valence-electron chi connectivity index (χ1n) is 6.44. The highest BCUT2D eigenvalue weighted by Crippen LogP contribution is 2.27. The van der Waals surface area contributed by atoms with Gasteiger partial charge >= 0.3 is 0 Å². The Bertz CT molecular complexity index is 424. The second-order valence-corrected chi connectivity index (χ2v) is 4.66. The molecule has 1 amide bonds. The van der Waals surface area contributed by atoms with Gasteiger partial charge in [0.15, 0.2) is 0 Å². The smallest absolute Gasteiger partial charge is 0.223 e. The van der Waals surface area contributed by atoms with E-state index in [0.717, 1.165) is 5.56 Å². The van der Waals surface area contributed by atoms with Crippen molar-refractivity contribution in [2.24, 2.45) is 0 Å². The highest BCUT2D eigenvalue weighted by molar-refractivity contribution is 6.32. The Balaban J connectivity index is 2.53. The minimum atomic E-state index is -0.0148. The zero-order valence-electron chi connectivity index (χ0n) is 11.6. The van der Waals surface area contributed by atoms with E-state index in [2.05, 4.69) is 17.6 Å². The van der Waals surface area contributed by atoms with E-state index in [0.29, 0.717) is 30.3 Å². The average molecular weight is 285 g/mol. The molecule has 106 valence electrons. The third-order valence-electron chi connectivity index (χ3n) is 2.85. The molecule has 1 aromatic carbocycles. The van der Waals surface area contributed by atoms with Gasteiger partial charge in [0.25, 0.3) is 0 Å². The van der Waals surface area contributed by atoms with Crippen LogP contribution in [0.15, 0.2) is 18.2 Å². The molecule has 0 bridgehead atoms. The maximum atomic E-state index is 11.3. The van der Waals surface area contributed by atoms with Crippen molar-refractivity contribution >= 4 is 17.5 Å². The molecule has 1 aromatic rings. The van der Waals surface area contributed by atoms with Crippen molar-refractivity contribution in [1.29, 1.82) is 0 Å². The van der Waals surface area contributed by atoms with E-state index >= 15 is 0 Å². The van der Waals surface area contributed by atoms with Gasteiger partial charge < -0.3 is 15.4 Å². The van der Waals surface area contributed by atoms with Crippen molar-refractivity contribution in [3.05, 3.63) is 28.8 Å². The lowest BCUT2D eigenvalue weighted by Gasteiger charge is -2.13. The van der Waals surface area contributed by atoms with Gasteiger partial charge in [-0.05, 0) is 38.6 Å². The lowest BCUT2D eigenvalue weighted by molar-refractivity contribution is -0.121. The fourth-order valence-electron chi connectivity index (χ4n) is 1.61. The molecule has 1 rings (SSSR count). The molecule has 0 saturated carbocycles. The van der Waals surface area contributed by atoms with Crippen molar-refractivity contribution in [2.75, 3.05) is 20.2 Å². The molecular formula is C14H21ClN2O2. The van der Waals surface area contributed by atoms with Gasteiger partial charge in [-0.2, -0.15) is 0 Å². The fourth-order valence-corrected chi connectivity index (χ4v) is 1.85. The van der Waals surface area contributed by atoms with E-state index in [1.807, 2.05) is 32.2 Å². The van der Waals surface area contributed by atoms with Gasteiger partial charge in [-0.3, -0.25) is 4.79 Å². The van der Waals surface area contributed by atoms with Crippen LogP contribution in [0.3, 0.4) is 0 Å². The van der Waals surface area contributed by atoms with E-state index in [1.165, 1.54) is 0 Å². The number of hydrogen-bond acceptors (Lipinski definition) is 3. The molecule has 1 atom stereocenters. The molecule has 4 nitrogen and oxygen atoms in total. The van der Waals surface area contributed by atoms with Crippen molar-refractivity contribution in [3.63, 3.8) is 0 Å². The zero-order valence-corrected chi connectivity index (χ0v) is 12.4. The van der Waals surface area contributed by atoms with Crippen molar-refractivity contribution in [2.45, 2.75) is 26.3 Å². The number of amides is 1. The molecule has 5 heteroatoms. The molecule has 0 saturated heterocycles. The number of carbonyl (C=O) groups excluding carboxylic acids is 1. The summed E-state index contributed by atoms with van der Waals surface area (Å²) < 4.78 is 5.51. The molecule has 0 aliphatic heterocycles. The average Bonchev–Trinajstić information content (AvgIpc) is 2.40. The first kappa shape index (κ1) is 15.8. The standard InChI is InChI=1S/C14H21ClN2O2/c1-4-17-14(18)7-8-19-13-6-5-11(9-12(13)15)10(2)16-3/h5-6,9-10,16H,4,7-8H2,1-3H3,(H,17,18). The molecule has 0 fully saturated rings. The summed E-state index contributed by atoms with van der Waals surface area (Å²) in [5.41, 5.74) is 1.10. The number of nitrogens with one attached hydrogen (secondary N) is 2. The molecule has 2 N–H and O–H groups in total. The van der Waals surface area contributed by atoms with Crippen LogP contribution in [0.5, 0.6) is 5.75 Å². The Morgan fingerprint density at radius 1 is 1.47 bits per heavy atom. The van der Waals surface area contributed by atoms with E-state index in [9.17, 15) is 4.79 Å². The van der Waals surface area contributed by atoms with Crippen LogP contribution in [0.1, 0.15) is 31.9 Å². The van der Waals surface area contributed by atoms with Gasteiger partial charge in [-0.1, -0.05) is 17.7 Å². The van der Waals surface area contributed by atoms with Crippen LogP contribution in [0.2, 0.25) is 5.02 Å². The molecular weight excluding hydrogens is 264 g/mol. The van der Waals surface area contributed by atoms with Gasteiger partial charge in [0.2, 0.25) is 5.91 Å². The predicted octanol–water partition coefficient (Wildman–Crippen LogP) is 2.53. The number of hydrogen-bond donors (Lipinski definition) is 2. The van der Waals surface area contributed by atoms with E-state index in [4.69, 9.17) is 16.3 Å². The Labute approximate surface area is 119 Å². The minimum Gasteiger partial charge on any atom is -0.491 e.